The van der Waals surface area contributed by atoms with Gasteiger partial charge in [-0.25, -0.2) is 0 Å². The second kappa shape index (κ2) is 9.01. The standard InChI is InChI=1S/C3H3O.Zn/c1-3-4-2;/h2H3;/q-1;. The van der Waals surface area contributed by atoms with E-state index in [4.69, 9.17) is 6.42 Å². The first-order chi connectivity index (χ1) is 1.91. The maximum Gasteiger partial charge on any atom is 0.0849 e. The van der Waals surface area contributed by atoms with Crippen LogP contribution in [0.1, 0.15) is 0 Å². The first-order valence-corrected chi connectivity index (χ1v) is 0.862. The zero-order valence-corrected chi connectivity index (χ0v) is 6.08. The maximum atomic E-state index is 5.98. The van der Waals surface area contributed by atoms with Crippen LogP contribution in [-0.2, 0) is 24.2 Å². The van der Waals surface area contributed by atoms with E-state index in [-0.39, 0.29) is 19.5 Å². The van der Waals surface area contributed by atoms with Crippen molar-refractivity contribution >= 4 is 0 Å². The van der Waals surface area contributed by atoms with Crippen LogP contribution in [0.4, 0.5) is 0 Å². The Morgan fingerprint density at radius 1 is 1.80 bits per heavy atom. The van der Waals surface area contributed by atoms with Gasteiger partial charge in [0.05, 0.1) is 7.11 Å². The molecule has 0 saturated carbocycles. The summed E-state index contributed by atoms with van der Waals surface area (Å²) in [6.45, 7) is 0. The van der Waals surface area contributed by atoms with E-state index in [1.54, 1.807) is 6.11 Å². The minimum atomic E-state index is 0. The normalized spacial score (nSPS) is 3.20. The predicted molar refractivity (Wildman–Crippen MR) is 14.1 cm³/mol. The number of ether oxygens (including phenoxy) is 1. The fourth-order valence-electron chi connectivity index (χ4n) is 0. The third kappa shape index (κ3) is 16.2. The molecule has 0 aliphatic heterocycles. The topological polar surface area (TPSA) is 9.23 Å². The van der Waals surface area contributed by atoms with Crippen molar-refractivity contribution in [3.63, 3.8) is 0 Å². The summed E-state index contributed by atoms with van der Waals surface area (Å²) in [6.07, 6.45) is 7.66. The molecule has 0 aromatic carbocycles. The van der Waals surface area contributed by atoms with Crippen LogP contribution in [0.5, 0.6) is 0 Å². The largest absolute Gasteiger partial charge is 0.648 e. The fraction of sp³-hybridized carbons (Fsp3) is 0.333. The summed E-state index contributed by atoms with van der Waals surface area (Å²) < 4.78 is 3.96. The van der Waals surface area contributed by atoms with Gasteiger partial charge in [0.15, 0.2) is 0 Å². The molecule has 5 heavy (non-hydrogen) atoms. The summed E-state index contributed by atoms with van der Waals surface area (Å²) in [6, 6.07) is 0. The van der Waals surface area contributed by atoms with Crippen LogP contribution in [0.3, 0.4) is 0 Å². The first-order valence-electron chi connectivity index (χ1n) is 0.862. The van der Waals surface area contributed by atoms with Crippen LogP contribution in [0.25, 0.3) is 0 Å². The van der Waals surface area contributed by atoms with Gasteiger partial charge in [-0.05, 0) is 0 Å². The molecule has 0 unspecified atom stereocenters. The Labute approximate surface area is 44.5 Å². The van der Waals surface area contributed by atoms with E-state index >= 15 is 0 Å². The molecule has 0 fully saturated rings. The Bertz CT molecular complexity index is 36.6. The molecule has 0 atom stereocenters. The van der Waals surface area contributed by atoms with Crippen molar-refractivity contribution in [2.75, 3.05) is 7.11 Å². The predicted octanol–water partition coefficient (Wildman–Crippen LogP) is 0.178. The van der Waals surface area contributed by atoms with Gasteiger partial charge in [0.25, 0.3) is 0 Å². The molecule has 0 bridgehead atoms. The van der Waals surface area contributed by atoms with Gasteiger partial charge in [-0.1, -0.05) is 0 Å². The summed E-state index contributed by atoms with van der Waals surface area (Å²) in [5.74, 6) is 0. The van der Waals surface area contributed by atoms with Crippen LogP contribution in [0.2, 0.25) is 0 Å². The van der Waals surface area contributed by atoms with E-state index in [0.29, 0.717) is 0 Å². The van der Waals surface area contributed by atoms with Gasteiger partial charge >= 0.3 is 0 Å². The molecule has 0 heterocycles. The van der Waals surface area contributed by atoms with Gasteiger partial charge in [-0.15, -0.1) is 0 Å². The van der Waals surface area contributed by atoms with Gasteiger partial charge in [0.2, 0.25) is 0 Å². The molecule has 0 saturated heterocycles. The van der Waals surface area contributed by atoms with Crippen LogP contribution in [-0.4, -0.2) is 7.11 Å². The molecule has 0 aliphatic rings. The van der Waals surface area contributed by atoms with Gasteiger partial charge < -0.3 is 11.2 Å². The molecule has 0 radical (unpaired) electrons. The molecule has 0 aromatic heterocycles. The van der Waals surface area contributed by atoms with E-state index in [0.717, 1.165) is 0 Å². The summed E-state index contributed by atoms with van der Waals surface area (Å²) in [7, 11) is 1.38. The van der Waals surface area contributed by atoms with Gasteiger partial charge in [-0.3, -0.25) is 0 Å². The molecular weight excluding hydrogens is 117 g/mol. The Hall–Kier alpha value is -0.0166. The van der Waals surface area contributed by atoms with Crippen LogP contribution >= 0.6 is 0 Å². The van der Waals surface area contributed by atoms with Crippen molar-refractivity contribution in [3.05, 3.63) is 6.42 Å². The quantitative estimate of drug-likeness (QED) is 0.252. The van der Waals surface area contributed by atoms with Crippen LogP contribution in [0, 0.1) is 12.5 Å². The Morgan fingerprint density at radius 2 is 2.00 bits per heavy atom. The van der Waals surface area contributed by atoms with Crippen molar-refractivity contribution in [2.24, 2.45) is 0 Å². The second-order valence-electron chi connectivity index (χ2n) is 0.306. The Balaban J connectivity index is 0. The number of methoxy groups -OCH3 is 1. The zero-order valence-electron chi connectivity index (χ0n) is 3.12. The summed E-state index contributed by atoms with van der Waals surface area (Å²) in [5.41, 5.74) is 0. The average Bonchev–Trinajstić information content (AvgIpc) is 1.37. The zero-order chi connectivity index (χ0) is 3.41. The first kappa shape index (κ1) is 8.88. The Kier molecular flexibility index (Phi) is 16.0. The fourth-order valence-corrected chi connectivity index (χ4v) is 0. The molecule has 1 nitrogen and oxygen atoms in total. The smallest absolute Gasteiger partial charge is 0.0849 e. The van der Waals surface area contributed by atoms with Crippen molar-refractivity contribution in [1.29, 1.82) is 0 Å². The summed E-state index contributed by atoms with van der Waals surface area (Å²) >= 11 is 0. The molecule has 0 spiro atoms. The number of hydrogen-bond donors (Lipinski definition) is 0. The molecule has 0 rings (SSSR count). The van der Waals surface area contributed by atoms with E-state index in [9.17, 15) is 0 Å². The Morgan fingerprint density at radius 3 is 2.00 bits per heavy atom. The van der Waals surface area contributed by atoms with Gasteiger partial charge in [0.1, 0.15) is 0 Å². The summed E-state index contributed by atoms with van der Waals surface area (Å²) in [4.78, 5) is 0. The molecule has 0 amide bonds. The van der Waals surface area contributed by atoms with Crippen molar-refractivity contribution in [2.45, 2.75) is 0 Å². The van der Waals surface area contributed by atoms with E-state index in [1.165, 1.54) is 7.11 Å². The van der Waals surface area contributed by atoms with Crippen molar-refractivity contribution in [3.8, 4) is 6.11 Å². The summed E-state index contributed by atoms with van der Waals surface area (Å²) in [5, 5.41) is 0. The van der Waals surface area contributed by atoms with Crippen molar-refractivity contribution in [1.82, 2.24) is 0 Å². The molecule has 2 heteroatoms. The third-order valence-corrected chi connectivity index (χ3v) is 0.102. The van der Waals surface area contributed by atoms with Crippen LogP contribution < -0.4 is 0 Å². The van der Waals surface area contributed by atoms with E-state index < -0.39 is 0 Å². The second-order valence-corrected chi connectivity index (χ2v) is 0.306. The molecule has 0 N–H and O–H groups in total. The molecule has 0 aliphatic carbocycles. The molecular formula is C3H3OZn-. The van der Waals surface area contributed by atoms with Crippen LogP contribution in [0.15, 0.2) is 0 Å². The van der Waals surface area contributed by atoms with Gasteiger partial charge in [0, 0.05) is 19.5 Å². The average molecular weight is 120 g/mol. The third-order valence-electron chi connectivity index (χ3n) is 0.102. The molecule has 24 valence electrons. The number of rotatable bonds is 0. The van der Waals surface area contributed by atoms with Gasteiger partial charge in [-0.2, -0.15) is 6.11 Å². The van der Waals surface area contributed by atoms with Crippen molar-refractivity contribution < 1.29 is 24.2 Å². The molecule has 0 aromatic rings. The maximum absolute atomic E-state index is 5.98. The van der Waals surface area contributed by atoms with E-state index in [1.807, 2.05) is 0 Å². The monoisotopic (exact) mass is 119 g/mol. The number of hydrogen-bond acceptors (Lipinski definition) is 1. The minimum absolute atomic E-state index is 0. The SMILES string of the molecule is [C-]#COC.[Zn]. The minimum Gasteiger partial charge on any atom is -0.648 e. The van der Waals surface area contributed by atoms with E-state index in [2.05, 4.69) is 4.74 Å².